The SMILES string of the molecule is CCNC(=NCc1nccn1CC(C)C)NCC(C)(C)N1CCOCC1. The van der Waals surface area contributed by atoms with E-state index < -0.39 is 0 Å². The van der Waals surface area contributed by atoms with Crippen molar-refractivity contribution in [1.82, 2.24) is 25.1 Å². The number of rotatable bonds is 8. The third-order valence-corrected chi connectivity index (χ3v) is 4.64. The lowest BCUT2D eigenvalue weighted by atomic mass is 10.0. The van der Waals surface area contributed by atoms with Crippen molar-refractivity contribution >= 4 is 5.96 Å². The van der Waals surface area contributed by atoms with Gasteiger partial charge in [0.15, 0.2) is 5.96 Å². The van der Waals surface area contributed by atoms with Crippen molar-refractivity contribution in [1.29, 1.82) is 0 Å². The Labute approximate surface area is 158 Å². The minimum Gasteiger partial charge on any atom is -0.379 e. The summed E-state index contributed by atoms with van der Waals surface area (Å²) in [6.45, 7) is 17.9. The smallest absolute Gasteiger partial charge is 0.191 e. The average Bonchev–Trinajstić information content (AvgIpc) is 3.04. The Morgan fingerprint density at radius 2 is 2.04 bits per heavy atom. The molecular formula is C19H36N6O. The van der Waals surface area contributed by atoms with E-state index >= 15 is 0 Å². The number of hydrogen-bond acceptors (Lipinski definition) is 4. The van der Waals surface area contributed by atoms with E-state index in [4.69, 9.17) is 9.73 Å². The van der Waals surface area contributed by atoms with Crippen molar-refractivity contribution in [3.63, 3.8) is 0 Å². The van der Waals surface area contributed by atoms with E-state index in [0.29, 0.717) is 12.5 Å². The van der Waals surface area contributed by atoms with Crippen molar-refractivity contribution in [3.05, 3.63) is 18.2 Å². The molecule has 1 aliphatic heterocycles. The molecule has 0 unspecified atom stereocenters. The van der Waals surface area contributed by atoms with Crippen LogP contribution >= 0.6 is 0 Å². The molecule has 7 heteroatoms. The maximum Gasteiger partial charge on any atom is 0.191 e. The Kier molecular flexibility index (Phi) is 7.90. The highest BCUT2D eigenvalue weighted by Gasteiger charge is 2.28. The number of nitrogens with zero attached hydrogens (tertiary/aromatic N) is 4. The zero-order valence-electron chi connectivity index (χ0n) is 17.1. The summed E-state index contributed by atoms with van der Waals surface area (Å²) < 4.78 is 7.66. The molecule has 7 nitrogen and oxygen atoms in total. The van der Waals surface area contributed by atoms with Crippen LogP contribution in [0.2, 0.25) is 0 Å². The molecule has 0 aliphatic carbocycles. The second-order valence-corrected chi connectivity index (χ2v) is 7.85. The fourth-order valence-electron chi connectivity index (χ4n) is 3.12. The van der Waals surface area contributed by atoms with Crippen molar-refractivity contribution in [3.8, 4) is 0 Å². The first-order valence-electron chi connectivity index (χ1n) is 9.77. The molecule has 2 N–H and O–H groups in total. The number of hydrogen-bond donors (Lipinski definition) is 2. The van der Waals surface area contributed by atoms with Crippen molar-refractivity contribution in [2.45, 2.75) is 53.2 Å². The molecule has 1 aromatic rings. The molecule has 0 radical (unpaired) electrons. The normalized spacial score (nSPS) is 16.9. The molecule has 148 valence electrons. The fraction of sp³-hybridized carbons (Fsp3) is 0.789. The Morgan fingerprint density at radius 3 is 2.69 bits per heavy atom. The van der Waals surface area contributed by atoms with E-state index in [1.165, 1.54) is 0 Å². The molecule has 0 amide bonds. The molecule has 0 spiro atoms. The number of nitrogens with one attached hydrogen (secondary N) is 2. The van der Waals surface area contributed by atoms with E-state index in [1.54, 1.807) is 0 Å². The number of aromatic nitrogens is 2. The molecule has 1 saturated heterocycles. The molecule has 2 heterocycles. The second-order valence-electron chi connectivity index (χ2n) is 7.85. The first-order chi connectivity index (χ1) is 12.4. The predicted octanol–water partition coefficient (Wildman–Crippen LogP) is 1.70. The van der Waals surface area contributed by atoms with Crippen LogP contribution in [0.1, 0.15) is 40.4 Å². The zero-order chi connectivity index (χ0) is 19.0. The van der Waals surface area contributed by atoms with Gasteiger partial charge in [-0.05, 0) is 26.7 Å². The highest BCUT2D eigenvalue weighted by molar-refractivity contribution is 5.79. The molecule has 2 rings (SSSR count). The molecule has 26 heavy (non-hydrogen) atoms. The zero-order valence-corrected chi connectivity index (χ0v) is 17.1. The summed E-state index contributed by atoms with van der Waals surface area (Å²) in [5.74, 6) is 2.43. The maximum atomic E-state index is 5.47. The van der Waals surface area contributed by atoms with Crippen LogP contribution in [0.5, 0.6) is 0 Å². The average molecular weight is 365 g/mol. The van der Waals surface area contributed by atoms with Crippen LogP contribution in [0.25, 0.3) is 0 Å². The third-order valence-electron chi connectivity index (χ3n) is 4.64. The van der Waals surface area contributed by atoms with Gasteiger partial charge in [0, 0.05) is 50.7 Å². The summed E-state index contributed by atoms with van der Waals surface area (Å²) in [5.41, 5.74) is 0.0517. The van der Waals surface area contributed by atoms with Gasteiger partial charge in [-0.25, -0.2) is 9.98 Å². The van der Waals surface area contributed by atoms with Crippen LogP contribution < -0.4 is 10.6 Å². The molecule has 1 aliphatic rings. The first-order valence-corrected chi connectivity index (χ1v) is 9.77. The molecule has 0 bridgehead atoms. The number of aliphatic imine (C=N–C) groups is 1. The minimum absolute atomic E-state index is 0.0517. The molecular weight excluding hydrogens is 328 g/mol. The van der Waals surface area contributed by atoms with Gasteiger partial charge in [-0.1, -0.05) is 13.8 Å². The summed E-state index contributed by atoms with van der Waals surface area (Å²) in [7, 11) is 0. The topological polar surface area (TPSA) is 66.7 Å². The Hall–Kier alpha value is -1.60. The molecule has 0 saturated carbocycles. The lowest BCUT2D eigenvalue weighted by molar-refractivity contribution is -0.00834. The summed E-state index contributed by atoms with van der Waals surface area (Å²) in [6.07, 6.45) is 3.89. The van der Waals surface area contributed by atoms with E-state index in [9.17, 15) is 0 Å². The van der Waals surface area contributed by atoms with Crippen LogP contribution in [0.15, 0.2) is 17.4 Å². The number of imidazole rings is 1. The molecule has 0 atom stereocenters. The fourth-order valence-corrected chi connectivity index (χ4v) is 3.12. The standard InChI is InChI=1S/C19H36N6O/c1-6-20-18(22-13-17-21-7-8-24(17)14-16(2)3)23-15-19(4,5)25-9-11-26-12-10-25/h7-8,16H,6,9-15H2,1-5H3,(H2,20,22,23). The predicted molar refractivity (Wildman–Crippen MR) is 106 cm³/mol. The third kappa shape index (κ3) is 6.29. The van der Waals surface area contributed by atoms with Crippen LogP contribution in [0.4, 0.5) is 0 Å². The second kappa shape index (κ2) is 9.92. The first kappa shape index (κ1) is 20.7. The van der Waals surface area contributed by atoms with Crippen LogP contribution in [0.3, 0.4) is 0 Å². The van der Waals surface area contributed by atoms with Crippen molar-refractivity contribution in [2.24, 2.45) is 10.9 Å². The van der Waals surface area contributed by atoms with Gasteiger partial charge < -0.3 is 19.9 Å². The number of guanidine groups is 1. The summed E-state index contributed by atoms with van der Waals surface area (Å²) in [6, 6.07) is 0. The van der Waals surface area contributed by atoms with Gasteiger partial charge in [-0.3, -0.25) is 4.90 Å². The summed E-state index contributed by atoms with van der Waals surface area (Å²) in [4.78, 5) is 11.7. The van der Waals surface area contributed by atoms with Gasteiger partial charge >= 0.3 is 0 Å². The van der Waals surface area contributed by atoms with Crippen molar-refractivity contribution < 1.29 is 4.74 Å². The Morgan fingerprint density at radius 1 is 1.31 bits per heavy atom. The van der Waals surface area contributed by atoms with Crippen molar-refractivity contribution in [2.75, 3.05) is 39.4 Å². The minimum atomic E-state index is 0.0517. The highest BCUT2D eigenvalue weighted by atomic mass is 16.5. The van der Waals surface area contributed by atoms with Gasteiger partial charge in [-0.15, -0.1) is 0 Å². The van der Waals surface area contributed by atoms with Gasteiger partial charge in [-0.2, -0.15) is 0 Å². The number of ether oxygens (including phenoxy) is 1. The van der Waals surface area contributed by atoms with Gasteiger partial charge in [0.1, 0.15) is 12.4 Å². The van der Waals surface area contributed by atoms with Gasteiger partial charge in [0.05, 0.1) is 13.2 Å². The van der Waals surface area contributed by atoms with E-state index in [2.05, 4.69) is 59.7 Å². The summed E-state index contributed by atoms with van der Waals surface area (Å²) in [5, 5.41) is 6.84. The quantitative estimate of drug-likeness (QED) is 0.543. The van der Waals surface area contributed by atoms with E-state index in [0.717, 1.165) is 57.7 Å². The van der Waals surface area contributed by atoms with E-state index in [1.807, 2.05) is 12.4 Å². The lowest BCUT2D eigenvalue weighted by Gasteiger charge is -2.41. The number of morpholine rings is 1. The van der Waals surface area contributed by atoms with Gasteiger partial charge in [0.2, 0.25) is 0 Å². The molecule has 1 fully saturated rings. The van der Waals surface area contributed by atoms with Crippen LogP contribution in [-0.2, 0) is 17.8 Å². The molecule has 1 aromatic heterocycles. The van der Waals surface area contributed by atoms with Crippen LogP contribution in [0, 0.1) is 5.92 Å². The van der Waals surface area contributed by atoms with Gasteiger partial charge in [0.25, 0.3) is 0 Å². The monoisotopic (exact) mass is 364 g/mol. The lowest BCUT2D eigenvalue weighted by Crippen LogP contribution is -2.56. The summed E-state index contributed by atoms with van der Waals surface area (Å²) >= 11 is 0. The Bertz CT molecular complexity index is 560. The molecule has 0 aromatic carbocycles. The largest absolute Gasteiger partial charge is 0.379 e. The highest BCUT2D eigenvalue weighted by Crippen LogP contribution is 2.15. The maximum absolute atomic E-state index is 5.47. The van der Waals surface area contributed by atoms with Crippen LogP contribution in [-0.4, -0.2) is 65.3 Å². The van der Waals surface area contributed by atoms with E-state index in [-0.39, 0.29) is 5.54 Å². The Balaban J connectivity index is 1.95.